The van der Waals surface area contributed by atoms with Gasteiger partial charge in [-0.25, -0.2) is 4.98 Å². The fourth-order valence-electron chi connectivity index (χ4n) is 2.54. The molecule has 120 valence electrons. The second-order valence-corrected chi connectivity index (χ2v) is 7.64. The van der Waals surface area contributed by atoms with E-state index in [9.17, 15) is 0 Å². The average molecular weight is 310 g/mol. The molecule has 1 unspecified atom stereocenters. The van der Waals surface area contributed by atoms with Crippen LogP contribution in [0.1, 0.15) is 76.8 Å². The van der Waals surface area contributed by atoms with E-state index in [4.69, 9.17) is 4.98 Å². The minimum atomic E-state index is 0.524. The maximum absolute atomic E-state index is 5.04. The highest BCUT2D eigenvalue weighted by Gasteiger charge is 2.31. The number of anilines is 1. The predicted molar refractivity (Wildman–Crippen MR) is 93.5 cm³/mol. The van der Waals surface area contributed by atoms with Gasteiger partial charge in [-0.15, -0.1) is 11.3 Å². The summed E-state index contributed by atoms with van der Waals surface area (Å²) in [5.41, 5.74) is 1.33. The van der Waals surface area contributed by atoms with Crippen LogP contribution in [0.15, 0.2) is 0 Å². The summed E-state index contributed by atoms with van der Waals surface area (Å²) in [6.07, 6.45) is 5.05. The normalized spacial score (nSPS) is 16.5. The molecule has 1 aliphatic rings. The second kappa shape index (κ2) is 7.59. The van der Waals surface area contributed by atoms with Gasteiger partial charge in [0.2, 0.25) is 0 Å². The Kier molecular flexibility index (Phi) is 6.06. The van der Waals surface area contributed by atoms with E-state index >= 15 is 0 Å². The summed E-state index contributed by atoms with van der Waals surface area (Å²) >= 11 is 1.91. The minimum Gasteiger partial charge on any atom is -0.345 e. The van der Waals surface area contributed by atoms with E-state index < -0.39 is 0 Å². The lowest BCUT2D eigenvalue weighted by Crippen LogP contribution is -2.26. The van der Waals surface area contributed by atoms with Crippen LogP contribution in [0.4, 0.5) is 5.13 Å². The number of hydrogen-bond donors (Lipinski definition) is 1. The largest absolute Gasteiger partial charge is 0.345 e. The molecule has 21 heavy (non-hydrogen) atoms. The zero-order valence-electron chi connectivity index (χ0n) is 14.3. The van der Waals surface area contributed by atoms with Gasteiger partial charge in [-0.1, -0.05) is 34.6 Å². The molecular formula is C17H31N3S. The van der Waals surface area contributed by atoms with Gasteiger partial charge in [0, 0.05) is 30.1 Å². The Morgan fingerprint density at radius 1 is 1.29 bits per heavy atom. The van der Waals surface area contributed by atoms with E-state index in [0.717, 1.165) is 25.6 Å². The van der Waals surface area contributed by atoms with Crippen molar-refractivity contribution in [3.8, 4) is 0 Å². The van der Waals surface area contributed by atoms with E-state index in [1.54, 1.807) is 0 Å². The van der Waals surface area contributed by atoms with Crippen LogP contribution in [0, 0.1) is 0 Å². The zero-order valence-corrected chi connectivity index (χ0v) is 15.1. The number of hydrogen-bond acceptors (Lipinski definition) is 4. The van der Waals surface area contributed by atoms with Crippen molar-refractivity contribution >= 4 is 16.5 Å². The topological polar surface area (TPSA) is 28.2 Å². The van der Waals surface area contributed by atoms with Crippen molar-refractivity contribution in [1.82, 2.24) is 10.3 Å². The van der Waals surface area contributed by atoms with Gasteiger partial charge in [0.1, 0.15) is 0 Å². The van der Waals surface area contributed by atoms with E-state index in [0.29, 0.717) is 12.0 Å². The van der Waals surface area contributed by atoms with Crippen molar-refractivity contribution in [3.05, 3.63) is 10.6 Å². The van der Waals surface area contributed by atoms with Gasteiger partial charge in [0.25, 0.3) is 0 Å². The van der Waals surface area contributed by atoms with Crippen LogP contribution in [-0.4, -0.2) is 23.6 Å². The highest BCUT2D eigenvalue weighted by Crippen LogP contribution is 2.37. The third kappa shape index (κ3) is 4.43. The molecule has 1 aromatic heterocycles. The minimum absolute atomic E-state index is 0.524. The summed E-state index contributed by atoms with van der Waals surface area (Å²) < 4.78 is 0. The molecular weight excluding hydrogens is 278 g/mol. The van der Waals surface area contributed by atoms with E-state index in [2.05, 4.69) is 44.8 Å². The lowest BCUT2D eigenvalue weighted by molar-refractivity contribution is 0.584. The van der Waals surface area contributed by atoms with Crippen molar-refractivity contribution in [1.29, 1.82) is 0 Å². The Morgan fingerprint density at radius 3 is 2.52 bits per heavy atom. The monoisotopic (exact) mass is 309 g/mol. The molecule has 0 bridgehead atoms. The van der Waals surface area contributed by atoms with Crippen LogP contribution in [-0.2, 0) is 6.54 Å². The van der Waals surface area contributed by atoms with Gasteiger partial charge in [0.15, 0.2) is 5.13 Å². The summed E-state index contributed by atoms with van der Waals surface area (Å²) in [6.45, 7) is 13.3. The molecule has 0 saturated heterocycles. The van der Waals surface area contributed by atoms with Crippen molar-refractivity contribution in [2.24, 2.45) is 0 Å². The Balaban J connectivity index is 2.21. The predicted octanol–water partition coefficient (Wildman–Crippen LogP) is 4.53. The molecule has 3 nitrogen and oxygen atoms in total. The van der Waals surface area contributed by atoms with Crippen LogP contribution >= 0.6 is 11.3 Å². The SMILES string of the molecule is CCCN(c1nc(C(C)CC)c(CNC(C)C)s1)C1CC1. The third-order valence-corrected chi connectivity index (χ3v) is 5.27. The van der Waals surface area contributed by atoms with E-state index in [1.807, 2.05) is 11.3 Å². The molecule has 1 atom stereocenters. The molecule has 0 aliphatic heterocycles. The molecule has 0 spiro atoms. The standard InChI is InChI=1S/C17H31N3S/c1-6-10-20(14-8-9-14)17-19-16(13(5)7-2)15(21-17)11-18-12(3)4/h12-14,18H,6-11H2,1-5H3. The molecule has 0 aromatic carbocycles. The fourth-order valence-corrected chi connectivity index (χ4v) is 3.77. The lowest BCUT2D eigenvalue weighted by Gasteiger charge is -2.20. The smallest absolute Gasteiger partial charge is 0.186 e. The van der Waals surface area contributed by atoms with Gasteiger partial charge >= 0.3 is 0 Å². The third-order valence-electron chi connectivity index (χ3n) is 4.16. The average Bonchev–Trinajstić information content (AvgIpc) is 3.21. The molecule has 0 radical (unpaired) electrons. The first-order valence-corrected chi connectivity index (χ1v) is 9.38. The maximum atomic E-state index is 5.04. The molecule has 1 aliphatic carbocycles. The van der Waals surface area contributed by atoms with Crippen LogP contribution in [0.5, 0.6) is 0 Å². The summed E-state index contributed by atoms with van der Waals surface area (Å²) in [4.78, 5) is 9.03. The van der Waals surface area contributed by atoms with Crippen molar-refractivity contribution in [3.63, 3.8) is 0 Å². The number of aromatic nitrogens is 1. The van der Waals surface area contributed by atoms with Crippen molar-refractivity contribution < 1.29 is 0 Å². The fraction of sp³-hybridized carbons (Fsp3) is 0.824. The number of thiazole rings is 1. The maximum Gasteiger partial charge on any atom is 0.186 e. The van der Waals surface area contributed by atoms with Crippen LogP contribution in [0.3, 0.4) is 0 Å². The Bertz CT molecular complexity index is 437. The van der Waals surface area contributed by atoms with Crippen LogP contribution in [0.25, 0.3) is 0 Å². The highest BCUT2D eigenvalue weighted by molar-refractivity contribution is 7.15. The van der Waals surface area contributed by atoms with Crippen LogP contribution < -0.4 is 10.2 Å². The lowest BCUT2D eigenvalue weighted by atomic mass is 10.0. The van der Waals surface area contributed by atoms with Gasteiger partial charge in [-0.2, -0.15) is 0 Å². The second-order valence-electron chi connectivity index (χ2n) is 6.57. The van der Waals surface area contributed by atoms with Gasteiger partial charge in [-0.3, -0.25) is 0 Å². The number of rotatable bonds is 9. The highest BCUT2D eigenvalue weighted by atomic mass is 32.1. The summed E-state index contributed by atoms with van der Waals surface area (Å²) in [6, 6.07) is 1.28. The number of nitrogens with zero attached hydrogens (tertiary/aromatic N) is 2. The summed E-state index contributed by atoms with van der Waals surface area (Å²) in [5, 5.41) is 4.82. The van der Waals surface area contributed by atoms with Crippen molar-refractivity contribution in [2.75, 3.05) is 11.4 Å². The summed E-state index contributed by atoms with van der Waals surface area (Å²) in [5.74, 6) is 0.557. The van der Waals surface area contributed by atoms with Gasteiger partial charge in [-0.05, 0) is 31.6 Å². The number of nitrogens with one attached hydrogen (secondary N) is 1. The van der Waals surface area contributed by atoms with Gasteiger partial charge < -0.3 is 10.2 Å². The first-order valence-electron chi connectivity index (χ1n) is 8.56. The van der Waals surface area contributed by atoms with E-state index in [1.165, 1.54) is 35.0 Å². The van der Waals surface area contributed by atoms with E-state index in [-0.39, 0.29) is 0 Å². The first-order chi connectivity index (χ1) is 10.1. The quantitative estimate of drug-likeness (QED) is 0.726. The molecule has 1 heterocycles. The summed E-state index contributed by atoms with van der Waals surface area (Å²) in [7, 11) is 0. The van der Waals surface area contributed by atoms with Gasteiger partial charge in [0.05, 0.1) is 5.69 Å². The molecule has 1 saturated carbocycles. The Morgan fingerprint density at radius 2 is 2.00 bits per heavy atom. The molecule has 1 aromatic rings. The molecule has 0 amide bonds. The molecule has 4 heteroatoms. The molecule has 1 N–H and O–H groups in total. The first kappa shape index (κ1) is 16.8. The molecule has 2 rings (SSSR count). The Labute approximate surface area is 134 Å². The molecule has 1 fully saturated rings. The zero-order chi connectivity index (χ0) is 15.4. The Hall–Kier alpha value is -0.610. The van der Waals surface area contributed by atoms with Crippen LogP contribution in [0.2, 0.25) is 0 Å². The van der Waals surface area contributed by atoms with Crippen molar-refractivity contribution in [2.45, 2.75) is 84.8 Å².